The van der Waals surface area contributed by atoms with Crippen LogP contribution in [0.3, 0.4) is 0 Å². The molecule has 2 heterocycles. The van der Waals surface area contributed by atoms with Crippen LogP contribution in [0.25, 0.3) is 11.4 Å². The number of nitrogens with zero attached hydrogens (tertiary/aromatic N) is 3. The average molecular weight is 327 g/mol. The first-order chi connectivity index (χ1) is 11.8. The molecule has 1 aromatic carbocycles. The molecule has 128 valence electrons. The maximum absolute atomic E-state index is 12.6. The summed E-state index contributed by atoms with van der Waals surface area (Å²) < 4.78 is 5.51. The van der Waals surface area contributed by atoms with Crippen LogP contribution >= 0.6 is 0 Å². The number of benzene rings is 1. The summed E-state index contributed by atoms with van der Waals surface area (Å²) in [5.41, 5.74) is 0.934. The molecule has 5 heteroatoms. The predicted octanol–water partition coefficient (Wildman–Crippen LogP) is 4.37. The van der Waals surface area contributed by atoms with Gasteiger partial charge in [-0.25, -0.2) is 0 Å². The van der Waals surface area contributed by atoms with Gasteiger partial charge in [0.2, 0.25) is 17.6 Å². The van der Waals surface area contributed by atoms with Gasteiger partial charge < -0.3 is 9.42 Å². The molecule has 0 saturated carbocycles. The second-order valence-corrected chi connectivity index (χ2v) is 6.38. The van der Waals surface area contributed by atoms with Crippen molar-refractivity contribution in [3.63, 3.8) is 0 Å². The lowest BCUT2D eigenvalue weighted by atomic mass is 10.0. The smallest absolute Gasteiger partial charge is 0.249 e. The Hall–Kier alpha value is -2.17. The van der Waals surface area contributed by atoms with Gasteiger partial charge in [-0.2, -0.15) is 4.98 Å². The van der Waals surface area contributed by atoms with Crippen molar-refractivity contribution in [3.05, 3.63) is 36.2 Å². The molecule has 0 bridgehead atoms. The molecule has 1 aliphatic heterocycles. The second kappa shape index (κ2) is 8.08. The van der Waals surface area contributed by atoms with Gasteiger partial charge in [-0.15, -0.1) is 0 Å². The summed E-state index contributed by atoms with van der Waals surface area (Å²) in [5.74, 6) is 1.37. The molecule has 0 aliphatic carbocycles. The van der Waals surface area contributed by atoms with Crippen LogP contribution in [0.4, 0.5) is 0 Å². The van der Waals surface area contributed by atoms with E-state index in [4.69, 9.17) is 4.52 Å². The standard InChI is InChI=1S/C19H25N3O2/c1-2-3-5-13-17(23)22-14-9-8-12-16(22)19-20-18(21-24-19)15-10-6-4-7-11-15/h4,6-7,10-11,16H,2-3,5,8-9,12-14H2,1H3. The molecule has 1 amide bonds. The van der Waals surface area contributed by atoms with Gasteiger partial charge in [0.25, 0.3) is 0 Å². The first-order valence-electron chi connectivity index (χ1n) is 8.98. The average Bonchev–Trinajstić information content (AvgIpc) is 3.12. The SMILES string of the molecule is CCCCCC(=O)N1CCCCC1c1nc(-c2ccccc2)no1. The van der Waals surface area contributed by atoms with E-state index in [9.17, 15) is 4.79 Å². The van der Waals surface area contributed by atoms with E-state index in [0.717, 1.165) is 50.6 Å². The quantitative estimate of drug-likeness (QED) is 0.739. The topological polar surface area (TPSA) is 59.2 Å². The van der Waals surface area contributed by atoms with Crippen molar-refractivity contribution in [2.75, 3.05) is 6.54 Å². The summed E-state index contributed by atoms with van der Waals surface area (Å²) in [4.78, 5) is 19.1. The number of aromatic nitrogens is 2. The monoisotopic (exact) mass is 327 g/mol. The Bertz CT molecular complexity index is 654. The number of hydrogen-bond donors (Lipinski definition) is 0. The lowest BCUT2D eigenvalue weighted by molar-refractivity contribution is -0.135. The molecule has 1 fully saturated rings. The van der Waals surface area contributed by atoms with Gasteiger partial charge >= 0.3 is 0 Å². The summed E-state index contributed by atoms with van der Waals surface area (Å²) in [6, 6.07) is 9.72. The van der Waals surface area contributed by atoms with Crippen LogP contribution in [-0.4, -0.2) is 27.5 Å². The molecule has 0 spiro atoms. The first kappa shape index (κ1) is 16.7. The second-order valence-electron chi connectivity index (χ2n) is 6.38. The fourth-order valence-electron chi connectivity index (χ4n) is 3.23. The highest BCUT2D eigenvalue weighted by atomic mass is 16.5. The molecule has 3 rings (SSSR count). The van der Waals surface area contributed by atoms with Gasteiger partial charge in [-0.3, -0.25) is 4.79 Å². The zero-order valence-corrected chi connectivity index (χ0v) is 14.3. The summed E-state index contributed by atoms with van der Waals surface area (Å²) >= 11 is 0. The maximum Gasteiger partial charge on any atom is 0.249 e. The van der Waals surface area contributed by atoms with Crippen molar-refractivity contribution < 1.29 is 9.32 Å². The number of carbonyl (C=O) groups is 1. The van der Waals surface area contributed by atoms with Gasteiger partial charge in [-0.05, 0) is 25.7 Å². The zero-order chi connectivity index (χ0) is 16.8. The van der Waals surface area contributed by atoms with Gasteiger partial charge in [0, 0.05) is 18.5 Å². The Morgan fingerprint density at radius 2 is 2.08 bits per heavy atom. The van der Waals surface area contributed by atoms with Crippen LogP contribution < -0.4 is 0 Å². The first-order valence-corrected chi connectivity index (χ1v) is 8.98. The van der Waals surface area contributed by atoms with Crippen molar-refractivity contribution >= 4 is 5.91 Å². The maximum atomic E-state index is 12.6. The van der Waals surface area contributed by atoms with E-state index >= 15 is 0 Å². The van der Waals surface area contributed by atoms with Gasteiger partial charge in [0.15, 0.2) is 0 Å². The number of amides is 1. The van der Waals surface area contributed by atoms with Crippen molar-refractivity contribution in [3.8, 4) is 11.4 Å². The van der Waals surface area contributed by atoms with Crippen LogP contribution in [0.15, 0.2) is 34.9 Å². The minimum absolute atomic E-state index is 0.0714. The van der Waals surface area contributed by atoms with E-state index in [1.165, 1.54) is 0 Å². The molecular weight excluding hydrogens is 302 g/mol. The number of carbonyl (C=O) groups excluding carboxylic acids is 1. The number of piperidine rings is 1. The van der Waals surface area contributed by atoms with E-state index < -0.39 is 0 Å². The Morgan fingerprint density at radius 1 is 1.25 bits per heavy atom. The number of rotatable bonds is 6. The Morgan fingerprint density at radius 3 is 2.88 bits per heavy atom. The third-order valence-corrected chi connectivity index (χ3v) is 4.58. The molecular formula is C19H25N3O2. The molecule has 1 aliphatic rings. The van der Waals surface area contributed by atoms with Crippen LogP contribution in [0.2, 0.25) is 0 Å². The highest BCUT2D eigenvalue weighted by molar-refractivity contribution is 5.76. The van der Waals surface area contributed by atoms with E-state index in [-0.39, 0.29) is 11.9 Å². The highest BCUT2D eigenvalue weighted by Crippen LogP contribution is 2.31. The molecule has 24 heavy (non-hydrogen) atoms. The Balaban J connectivity index is 1.74. The molecule has 1 aromatic heterocycles. The van der Waals surface area contributed by atoms with E-state index in [1.54, 1.807) is 0 Å². The summed E-state index contributed by atoms with van der Waals surface area (Å²) in [6.07, 6.45) is 6.84. The Labute approximate surface area is 143 Å². The minimum atomic E-state index is -0.0714. The van der Waals surface area contributed by atoms with Gasteiger partial charge in [-0.1, -0.05) is 55.3 Å². The summed E-state index contributed by atoms with van der Waals surface area (Å²) in [7, 11) is 0. The molecule has 0 N–H and O–H groups in total. The molecule has 1 atom stereocenters. The van der Waals surface area contributed by atoms with Crippen molar-refractivity contribution in [1.29, 1.82) is 0 Å². The fraction of sp³-hybridized carbons (Fsp3) is 0.526. The minimum Gasteiger partial charge on any atom is -0.337 e. The lowest BCUT2D eigenvalue weighted by Crippen LogP contribution is -2.38. The zero-order valence-electron chi connectivity index (χ0n) is 14.3. The number of likely N-dealkylation sites (tertiary alicyclic amines) is 1. The van der Waals surface area contributed by atoms with Crippen molar-refractivity contribution in [2.24, 2.45) is 0 Å². The molecule has 2 aromatic rings. The molecule has 0 radical (unpaired) electrons. The third-order valence-electron chi connectivity index (χ3n) is 4.58. The normalized spacial score (nSPS) is 17.9. The molecule has 5 nitrogen and oxygen atoms in total. The van der Waals surface area contributed by atoms with Crippen LogP contribution in [-0.2, 0) is 4.79 Å². The van der Waals surface area contributed by atoms with Crippen molar-refractivity contribution in [1.82, 2.24) is 15.0 Å². The predicted molar refractivity (Wildman–Crippen MR) is 92.2 cm³/mol. The van der Waals surface area contributed by atoms with E-state index in [0.29, 0.717) is 18.1 Å². The molecule has 1 saturated heterocycles. The van der Waals surface area contributed by atoms with E-state index in [1.807, 2.05) is 35.2 Å². The largest absolute Gasteiger partial charge is 0.337 e. The third kappa shape index (κ3) is 3.83. The van der Waals surface area contributed by atoms with Crippen LogP contribution in [0, 0.1) is 0 Å². The number of unbranched alkanes of at least 4 members (excludes halogenated alkanes) is 2. The van der Waals surface area contributed by atoms with Gasteiger partial charge in [0.05, 0.1) is 0 Å². The lowest BCUT2D eigenvalue weighted by Gasteiger charge is -2.33. The fourth-order valence-corrected chi connectivity index (χ4v) is 3.23. The summed E-state index contributed by atoms with van der Waals surface area (Å²) in [5, 5.41) is 4.11. The van der Waals surface area contributed by atoms with Crippen molar-refractivity contribution in [2.45, 2.75) is 57.9 Å². The van der Waals surface area contributed by atoms with Crippen LogP contribution in [0.1, 0.15) is 63.8 Å². The Kier molecular flexibility index (Phi) is 5.62. The number of hydrogen-bond acceptors (Lipinski definition) is 4. The van der Waals surface area contributed by atoms with Crippen LogP contribution in [0.5, 0.6) is 0 Å². The molecule has 1 unspecified atom stereocenters. The van der Waals surface area contributed by atoms with Gasteiger partial charge in [0.1, 0.15) is 6.04 Å². The van der Waals surface area contributed by atoms with E-state index in [2.05, 4.69) is 17.1 Å². The summed E-state index contributed by atoms with van der Waals surface area (Å²) in [6.45, 7) is 2.94. The highest BCUT2D eigenvalue weighted by Gasteiger charge is 2.31.